The lowest BCUT2D eigenvalue weighted by atomic mass is 10.1. The smallest absolute Gasteiger partial charge is 0.255 e. The number of aromatic hydroxyl groups is 1. The molecule has 0 bridgehead atoms. The van der Waals surface area contributed by atoms with Crippen LogP contribution in [0.1, 0.15) is 10.4 Å². The van der Waals surface area contributed by atoms with Crippen LogP contribution in [-0.2, 0) is 10.0 Å². The molecule has 1 N–H and O–H groups in total. The number of carbonyl (C=O) groups is 1. The summed E-state index contributed by atoms with van der Waals surface area (Å²) in [5.74, 6) is -0.437. The SMILES string of the molecule is O=C(c1cc(O)ccc1Cl)N1CCN(S(=O)(=O)c2cc(Cl)ccc2Cl)CC1. The van der Waals surface area contributed by atoms with Crippen LogP contribution in [0.3, 0.4) is 0 Å². The summed E-state index contributed by atoms with van der Waals surface area (Å²) in [7, 11) is -3.83. The first kappa shape index (κ1) is 20.2. The van der Waals surface area contributed by atoms with Crippen molar-refractivity contribution in [2.24, 2.45) is 0 Å². The normalized spacial score (nSPS) is 15.7. The lowest BCUT2D eigenvalue weighted by Gasteiger charge is -2.34. The van der Waals surface area contributed by atoms with Crippen LogP contribution in [-0.4, -0.2) is 54.8 Å². The molecule has 0 unspecified atom stereocenters. The fraction of sp³-hybridized carbons (Fsp3) is 0.235. The number of carbonyl (C=O) groups excluding carboxylic acids is 1. The monoisotopic (exact) mass is 448 g/mol. The van der Waals surface area contributed by atoms with E-state index in [2.05, 4.69) is 0 Å². The fourth-order valence-corrected chi connectivity index (χ4v) is 5.15. The highest BCUT2D eigenvalue weighted by Gasteiger charge is 2.32. The van der Waals surface area contributed by atoms with Crippen LogP contribution in [0.15, 0.2) is 41.3 Å². The van der Waals surface area contributed by atoms with Gasteiger partial charge in [-0.15, -0.1) is 0 Å². The maximum atomic E-state index is 12.8. The Hall–Kier alpha value is -1.51. The lowest BCUT2D eigenvalue weighted by Crippen LogP contribution is -2.50. The average Bonchev–Trinajstić information content (AvgIpc) is 2.65. The predicted octanol–water partition coefficient (Wildman–Crippen LogP) is 3.50. The first-order valence-corrected chi connectivity index (χ1v) is 10.5. The van der Waals surface area contributed by atoms with Gasteiger partial charge in [0.25, 0.3) is 5.91 Å². The Bertz CT molecular complexity index is 990. The Morgan fingerprint density at radius 2 is 1.56 bits per heavy atom. The summed E-state index contributed by atoms with van der Waals surface area (Å²) in [6.45, 7) is 0.575. The van der Waals surface area contributed by atoms with E-state index in [0.29, 0.717) is 0 Å². The van der Waals surface area contributed by atoms with E-state index >= 15 is 0 Å². The van der Waals surface area contributed by atoms with E-state index in [1.807, 2.05) is 0 Å². The third-order valence-corrected chi connectivity index (χ3v) is 7.16. The van der Waals surface area contributed by atoms with Gasteiger partial charge in [0.1, 0.15) is 10.6 Å². The van der Waals surface area contributed by atoms with Gasteiger partial charge in [-0.3, -0.25) is 4.79 Å². The van der Waals surface area contributed by atoms with Gasteiger partial charge in [-0.05, 0) is 36.4 Å². The summed E-state index contributed by atoms with van der Waals surface area (Å²) >= 11 is 18.0. The van der Waals surface area contributed by atoms with Gasteiger partial charge in [-0.25, -0.2) is 8.42 Å². The Labute approximate surface area is 171 Å². The second-order valence-electron chi connectivity index (χ2n) is 5.94. The van der Waals surface area contributed by atoms with Crippen LogP contribution in [0.2, 0.25) is 15.1 Å². The van der Waals surface area contributed by atoms with Gasteiger partial charge in [0.15, 0.2) is 0 Å². The molecule has 0 aliphatic carbocycles. The Kier molecular flexibility index (Phi) is 5.88. The number of benzene rings is 2. The topological polar surface area (TPSA) is 77.9 Å². The molecule has 1 fully saturated rings. The number of hydrogen-bond donors (Lipinski definition) is 1. The van der Waals surface area contributed by atoms with Crippen molar-refractivity contribution in [3.05, 3.63) is 57.0 Å². The van der Waals surface area contributed by atoms with Gasteiger partial charge in [0.2, 0.25) is 10.0 Å². The zero-order valence-corrected chi connectivity index (χ0v) is 17.0. The van der Waals surface area contributed by atoms with Gasteiger partial charge in [-0.1, -0.05) is 34.8 Å². The molecule has 1 aliphatic heterocycles. The molecule has 144 valence electrons. The Morgan fingerprint density at radius 1 is 0.926 bits per heavy atom. The third kappa shape index (κ3) is 4.17. The number of hydrogen-bond acceptors (Lipinski definition) is 4. The van der Waals surface area contributed by atoms with Crippen LogP contribution in [0.25, 0.3) is 0 Å². The molecule has 0 saturated carbocycles. The van der Waals surface area contributed by atoms with Crippen molar-refractivity contribution in [1.82, 2.24) is 9.21 Å². The molecule has 3 rings (SSSR count). The molecule has 1 saturated heterocycles. The zero-order chi connectivity index (χ0) is 19.8. The van der Waals surface area contributed by atoms with Crippen molar-refractivity contribution in [2.45, 2.75) is 4.90 Å². The molecular formula is C17H15Cl3N2O4S. The van der Waals surface area contributed by atoms with E-state index in [4.69, 9.17) is 34.8 Å². The second-order valence-corrected chi connectivity index (χ2v) is 9.09. The molecule has 0 radical (unpaired) electrons. The number of piperazine rings is 1. The zero-order valence-electron chi connectivity index (χ0n) is 13.9. The Morgan fingerprint density at radius 3 is 2.22 bits per heavy atom. The number of sulfonamides is 1. The number of nitrogens with zero attached hydrogens (tertiary/aromatic N) is 2. The average molecular weight is 450 g/mol. The van der Waals surface area contributed by atoms with E-state index in [9.17, 15) is 18.3 Å². The second kappa shape index (κ2) is 7.85. The van der Waals surface area contributed by atoms with Crippen molar-refractivity contribution in [3.63, 3.8) is 0 Å². The predicted molar refractivity (Wildman–Crippen MR) is 104 cm³/mol. The summed E-state index contributed by atoms with van der Waals surface area (Å²) in [6.07, 6.45) is 0. The van der Waals surface area contributed by atoms with Gasteiger partial charge in [0, 0.05) is 31.2 Å². The van der Waals surface area contributed by atoms with Gasteiger partial charge >= 0.3 is 0 Å². The largest absolute Gasteiger partial charge is 0.508 e. The Balaban J connectivity index is 1.76. The minimum absolute atomic E-state index is 0.0625. The lowest BCUT2D eigenvalue weighted by molar-refractivity contribution is 0.0697. The third-order valence-electron chi connectivity index (χ3n) is 4.22. The van der Waals surface area contributed by atoms with Crippen molar-refractivity contribution < 1.29 is 18.3 Å². The van der Waals surface area contributed by atoms with Crippen LogP contribution >= 0.6 is 34.8 Å². The minimum atomic E-state index is -3.83. The van der Waals surface area contributed by atoms with Crippen molar-refractivity contribution in [1.29, 1.82) is 0 Å². The minimum Gasteiger partial charge on any atom is -0.508 e. The van der Waals surface area contributed by atoms with E-state index in [0.717, 1.165) is 0 Å². The van der Waals surface area contributed by atoms with Crippen molar-refractivity contribution in [2.75, 3.05) is 26.2 Å². The number of halogens is 3. The maximum absolute atomic E-state index is 12.8. The van der Waals surface area contributed by atoms with E-state index in [1.165, 1.54) is 45.6 Å². The van der Waals surface area contributed by atoms with E-state index < -0.39 is 10.0 Å². The molecule has 2 aromatic rings. The summed E-state index contributed by atoms with van der Waals surface area (Å²) in [6, 6.07) is 8.37. The van der Waals surface area contributed by atoms with Crippen molar-refractivity contribution in [3.8, 4) is 5.75 Å². The quantitative estimate of drug-likeness (QED) is 0.778. The molecule has 6 nitrogen and oxygen atoms in total. The molecule has 1 heterocycles. The standard InChI is InChI=1S/C17H15Cl3N2O4S/c18-11-1-3-15(20)16(9-11)27(25,26)22-7-5-21(6-8-22)17(24)13-10-12(23)2-4-14(13)19/h1-4,9-10,23H,5-8H2. The number of amides is 1. The molecule has 0 atom stereocenters. The highest BCUT2D eigenvalue weighted by molar-refractivity contribution is 7.89. The van der Waals surface area contributed by atoms with Gasteiger partial charge in [0.05, 0.1) is 15.6 Å². The maximum Gasteiger partial charge on any atom is 0.255 e. The van der Waals surface area contributed by atoms with E-state index in [-0.39, 0.29) is 63.4 Å². The first-order valence-electron chi connectivity index (χ1n) is 7.93. The summed E-state index contributed by atoms with van der Waals surface area (Å²) in [5, 5.41) is 10.1. The molecule has 1 amide bonds. The first-order chi connectivity index (χ1) is 12.7. The highest BCUT2D eigenvalue weighted by Crippen LogP contribution is 2.29. The van der Waals surface area contributed by atoms with E-state index in [1.54, 1.807) is 0 Å². The van der Waals surface area contributed by atoms with Crippen LogP contribution in [0.5, 0.6) is 5.75 Å². The molecule has 0 aromatic heterocycles. The molecule has 2 aromatic carbocycles. The molecule has 27 heavy (non-hydrogen) atoms. The molecule has 1 aliphatic rings. The van der Waals surface area contributed by atoms with Crippen LogP contribution in [0, 0.1) is 0 Å². The highest BCUT2D eigenvalue weighted by atomic mass is 35.5. The number of rotatable bonds is 3. The fourth-order valence-electron chi connectivity index (χ4n) is 2.79. The van der Waals surface area contributed by atoms with Gasteiger partial charge in [-0.2, -0.15) is 4.31 Å². The number of phenolic OH excluding ortho intramolecular Hbond substituents is 1. The summed E-state index contributed by atoms with van der Waals surface area (Å²) in [4.78, 5) is 14.1. The molecular weight excluding hydrogens is 435 g/mol. The summed E-state index contributed by atoms with van der Waals surface area (Å²) < 4.78 is 26.9. The van der Waals surface area contributed by atoms with Crippen LogP contribution in [0.4, 0.5) is 0 Å². The number of phenols is 1. The molecule has 0 spiro atoms. The van der Waals surface area contributed by atoms with Gasteiger partial charge < -0.3 is 10.0 Å². The van der Waals surface area contributed by atoms with Crippen molar-refractivity contribution >= 4 is 50.7 Å². The van der Waals surface area contributed by atoms with Crippen LogP contribution < -0.4 is 0 Å². The molecule has 10 heteroatoms. The summed E-state index contributed by atoms with van der Waals surface area (Å²) in [5.41, 5.74) is 0.172.